The second-order valence-corrected chi connectivity index (χ2v) is 5.97. The van der Waals surface area contributed by atoms with Gasteiger partial charge in [-0.05, 0) is 12.1 Å². The Balaban J connectivity index is 1.79. The van der Waals surface area contributed by atoms with Gasteiger partial charge in [0.2, 0.25) is 5.91 Å². The lowest BCUT2D eigenvalue weighted by Crippen LogP contribution is -2.32. The zero-order chi connectivity index (χ0) is 18.7. The van der Waals surface area contributed by atoms with E-state index in [1.54, 1.807) is 30.3 Å². The summed E-state index contributed by atoms with van der Waals surface area (Å²) in [6.07, 6.45) is 0. The number of anilines is 1. The van der Waals surface area contributed by atoms with Gasteiger partial charge in [-0.3, -0.25) is 29.5 Å². The second-order valence-electron chi connectivity index (χ2n) is 5.01. The number of hydrogen-bond donors (Lipinski definition) is 3. The van der Waals surface area contributed by atoms with Crippen LogP contribution in [0.15, 0.2) is 51.0 Å². The van der Waals surface area contributed by atoms with Crippen molar-refractivity contribution >= 4 is 40.5 Å². The van der Waals surface area contributed by atoms with Gasteiger partial charge < -0.3 is 5.32 Å². The van der Waals surface area contributed by atoms with Crippen molar-refractivity contribution in [2.45, 2.75) is 0 Å². The number of para-hydroxylation sites is 1. The maximum Gasteiger partial charge on any atom is 0.337 e. The molecule has 11 heteroatoms. The molecule has 0 bridgehead atoms. The van der Waals surface area contributed by atoms with E-state index >= 15 is 0 Å². The van der Waals surface area contributed by atoms with Crippen LogP contribution in [0.3, 0.4) is 0 Å². The SMILES string of the molecule is O=C(CSC1=NC(=O)C(=O)N1)Nc1cc(=O)[nH]c(=O)n1-c1ccccc1. The Morgan fingerprint density at radius 3 is 2.54 bits per heavy atom. The minimum absolute atomic E-state index is 0.0102. The lowest BCUT2D eigenvalue weighted by Gasteiger charge is -2.12. The van der Waals surface area contributed by atoms with Crippen molar-refractivity contribution in [2.24, 2.45) is 4.99 Å². The minimum Gasteiger partial charge on any atom is -0.311 e. The van der Waals surface area contributed by atoms with E-state index in [9.17, 15) is 24.0 Å². The number of nitrogens with one attached hydrogen (secondary N) is 3. The Hall–Kier alpha value is -3.47. The zero-order valence-electron chi connectivity index (χ0n) is 13.0. The molecule has 1 aliphatic heterocycles. The molecule has 3 N–H and O–H groups in total. The van der Waals surface area contributed by atoms with Gasteiger partial charge in [0, 0.05) is 6.07 Å². The van der Waals surface area contributed by atoms with Gasteiger partial charge in [-0.2, -0.15) is 4.99 Å². The number of hydrogen-bond acceptors (Lipinski definition) is 6. The number of aromatic amines is 1. The number of benzene rings is 1. The van der Waals surface area contributed by atoms with E-state index in [1.807, 2.05) is 0 Å². The molecular formula is C15H11N5O5S. The van der Waals surface area contributed by atoms with Crippen LogP contribution in [0.1, 0.15) is 0 Å². The third-order valence-electron chi connectivity index (χ3n) is 3.18. The summed E-state index contributed by atoms with van der Waals surface area (Å²) in [5.41, 5.74) is -0.914. The van der Waals surface area contributed by atoms with Crippen LogP contribution in [-0.4, -0.2) is 38.2 Å². The fourth-order valence-corrected chi connectivity index (χ4v) is 2.78. The molecule has 0 saturated carbocycles. The Bertz CT molecular complexity index is 1040. The van der Waals surface area contributed by atoms with Gasteiger partial charge in [-0.25, -0.2) is 9.36 Å². The maximum absolute atomic E-state index is 12.1. The van der Waals surface area contributed by atoms with Crippen molar-refractivity contribution < 1.29 is 14.4 Å². The molecule has 10 nitrogen and oxygen atoms in total. The molecule has 0 saturated heterocycles. The molecule has 26 heavy (non-hydrogen) atoms. The molecule has 1 aromatic carbocycles. The molecule has 2 heterocycles. The van der Waals surface area contributed by atoms with Gasteiger partial charge >= 0.3 is 17.5 Å². The summed E-state index contributed by atoms with van der Waals surface area (Å²) in [7, 11) is 0. The zero-order valence-corrected chi connectivity index (χ0v) is 13.8. The van der Waals surface area contributed by atoms with Crippen LogP contribution in [-0.2, 0) is 14.4 Å². The molecule has 0 unspecified atom stereocenters. The average Bonchev–Trinajstić information content (AvgIpc) is 2.91. The Morgan fingerprint density at radius 2 is 1.88 bits per heavy atom. The maximum atomic E-state index is 12.1. The highest BCUT2D eigenvalue weighted by Crippen LogP contribution is 2.12. The van der Waals surface area contributed by atoms with Crippen LogP contribution in [0.4, 0.5) is 5.82 Å². The normalized spacial score (nSPS) is 13.3. The van der Waals surface area contributed by atoms with Crippen LogP contribution in [0.2, 0.25) is 0 Å². The number of amides is 3. The average molecular weight is 373 g/mol. The van der Waals surface area contributed by atoms with Gasteiger partial charge in [0.05, 0.1) is 11.4 Å². The van der Waals surface area contributed by atoms with Gasteiger partial charge in [-0.15, -0.1) is 0 Å². The van der Waals surface area contributed by atoms with E-state index in [0.717, 1.165) is 22.4 Å². The smallest absolute Gasteiger partial charge is 0.311 e. The predicted octanol–water partition coefficient (Wildman–Crippen LogP) is -0.790. The summed E-state index contributed by atoms with van der Waals surface area (Å²) in [5.74, 6) is -2.55. The molecule has 0 atom stereocenters. The van der Waals surface area contributed by atoms with Crippen molar-refractivity contribution in [3.63, 3.8) is 0 Å². The molecule has 132 valence electrons. The van der Waals surface area contributed by atoms with Crippen LogP contribution in [0.5, 0.6) is 0 Å². The molecule has 0 aliphatic carbocycles. The number of carbonyl (C=O) groups is 3. The fourth-order valence-electron chi connectivity index (χ4n) is 2.12. The summed E-state index contributed by atoms with van der Waals surface area (Å²) in [6.45, 7) is 0. The molecule has 3 rings (SSSR count). The number of amidine groups is 1. The quantitative estimate of drug-likeness (QED) is 0.600. The molecule has 2 aromatic rings. The first-order valence-corrected chi connectivity index (χ1v) is 8.21. The first kappa shape index (κ1) is 17.4. The summed E-state index contributed by atoms with van der Waals surface area (Å²) >= 11 is 0.841. The van der Waals surface area contributed by atoms with E-state index in [-0.39, 0.29) is 16.7 Å². The fraction of sp³-hybridized carbons (Fsp3) is 0.0667. The van der Waals surface area contributed by atoms with Crippen molar-refractivity contribution in [1.29, 1.82) is 0 Å². The minimum atomic E-state index is -0.930. The predicted molar refractivity (Wildman–Crippen MR) is 94.3 cm³/mol. The van der Waals surface area contributed by atoms with Crippen LogP contribution in [0.25, 0.3) is 5.69 Å². The molecule has 0 fully saturated rings. The van der Waals surface area contributed by atoms with Crippen LogP contribution in [0, 0.1) is 0 Å². The van der Waals surface area contributed by atoms with Crippen LogP contribution >= 0.6 is 11.8 Å². The third-order valence-corrected chi connectivity index (χ3v) is 4.05. The van der Waals surface area contributed by atoms with E-state index in [0.29, 0.717) is 5.69 Å². The number of carbonyl (C=O) groups excluding carboxylic acids is 3. The molecule has 1 aliphatic rings. The lowest BCUT2D eigenvalue weighted by atomic mass is 10.3. The van der Waals surface area contributed by atoms with E-state index in [4.69, 9.17) is 0 Å². The molecular weight excluding hydrogens is 362 g/mol. The number of aliphatic imine (C=N–C) groups is 1. The molecule has 0 spiro atoms. The van der Waals surface area contributed by atoms with Gasteiger partial charge in [-0.1, -0.05) is 30.0 Å². The largest absolute Gasteiger partial charge is 0.337 e. The van der Waals surface area contributed by atoms with Crippen molar-refractivity contribution in [1.82, 2.24) is 14.9 Å². The Labute approximate surface area is 149 Å². The summed E-state index contributed by atoms with van der Waals surface area (Å²) in [5, 5.41) is 4.70. The lowest BCUT2D eigenvalue weighted by molar-refractivity contribution is -0.135. The van der Waals surface area contributed by atoms with Gasteiger partial charge in [0.25, 0.3) is 5.56 Å². The first-order chi connectivity index (χ1) is 12.4. The highest BCUT2D eigenvalue weighted by atomic mass is 32.2. The number of H-pyrrole nitrogens is 1. The van der Waals surface area contributed by atoms with E-state index in [1.165, 1.54) is 0 Å². The number of aromatic nitrogens is 2. The molecule has 3 amide bonds. The third kappa shape index (κ3) is 3.78. The molecule has 0 radical (unpaired) electrons. The summed E-state index contributed by atoms with van der Waals surface area (Å²) in [4.78, 5) is 63.4. The summed E-state index contributed by atoms with van der Waals surface area (Å²) in [6, 6.07) is 9.51. The second kappa shape index (κ2) is 7.19. The van der Waals surface area contributed by atoms with Crippen molar-refractivity contribution in [3.8, 4) is 5.69 Å². The van der Waals surface area contributed by atoms with Crippen molar-refractivity contribution in [3.05, 3.63) is 57.2 Å². The number of rotatable bonds is 4. The Kier molecular flexibility index (Phi) is 4.80. The highest BCUT2D eigenvalue weighted by molar-refractivity contribution is 8.14. The standard InChI is InChI=1S/C15H11N5O5S/c21-10-6-9(20(15(25)17-10)8-4-2-1-3-5-8)16-11(22)7-26-14-18-12(23)13(24)19-14/h1-6H,7H2,(H,16,22)(H,17,21,25)(H,18,19,23,24). The van der Waals surface area contributed by atoms with E-state index < -0.39 is 29.0 Å². The van der Waals surface area contributed by atoms with Gasteiger partial charge in [0.1, 0.15) is 5.82 Å². The molecule has 1 aromatic heterocycles. The van der Waals surface area contributed by atoms with E-state index in [2.05, 4.69) is 20.6 Å². The monoisotopic (exact) mass is 373 g/mol. The highest BCUT2D eigenvalue weighted by Gasteiger charge is 2.24. The van der Waals surface area contributed by atoms with Crippen LogP contribution < -0.4 is 21.9 Å². The van der Waals surface area contributed by atoms with Gasteiger partial charge in [0.15, 0.2) is 5.17 Å². The topological polar surface area (TPSA) is 142 Å². The Morgan fingerprint density at radius 1 is 1.15 bits per heavy atom. The van der Waals surface area contributed by atoms with Crippen molar-refractivity contribution in [2.75, 3.05) is 11.1 Å². The summed E-state index contributed by atoms with van der Waals surface area (Å²) < 4.78 is 1.14. The number of nitrogens with zero attached hydrogens (tertiary/aromatic N) is 2. The first-order valence-electron chi connectivity index (χ1n) is 7.22. The number of thioether (sulfide) groups is 1.